The minimum atomic E-state index is -4.72. The number of urea groups is 1. The summed E-state index contributed by atoms with van der Waals surface area (Å²) in [4.78, 5) is 24.2. The van der Waals surface area contributed by atoms with Gasteiger partial charge in [-0.05, 0) is 0 Å². The molecule has 0 saturated carbocycles. The predicted octanol–water partition coefficient (Wildman–Crippen LogP) is 3.08. The Morgan fingerprint density at radius 2 is 1.85 bits per heavy atom. The van der Waals surface area contributed by atoms with Crippen LogP contribution in [0.2, 0.25) is 5.02 Å². The van der Waals surface area contributed by atoms with Gasteiger partial charge in [-0.25, -0.2) is 4.79 Å². The molecule has 0 spiro atoms. The SMILES string of the molecule is COc1cc(NC(=O)N2C[C@@H](C(F)(F)F)[C@H](C(=O)O)C2)c(OC)cc1Cl. The molecule has 0 bridgehead atoms. The number of carboxylic acids is 1. The molecule has 1 aliphatic heterocycles. The Labute approximate surface area is 151 Å². The van der Waals surface area contributed by atoms with Crippen molar-refractivity contribution in [1.29, 1.82) is 0 Å². The van der Waals surface area contributed by atoms with E-state index in [1.54, 1.807) is 0 Å². The zero-order chi connectivity index (χ0) is 19.6. The van der Waals surface area contributed by atoms with Gasteiger partial charge in [-0.3, -0.25) is 4.79 Å². The fourth-order valence-corrected chi connectivity index (χ4v) is 2.93. The van der Waals surface area contributed by atoms with Crippen LogP contribution in [0, 0.1) is 11.8 Å². The largest absolute Gasteiger partial charge is 0.495 e. The summed E-state index contributed by atoms with van der Waals surface area (Å²) < 4.78 is 49.2. The Kier molecular flexibility index (Phi) is 5.74. The summed E-state index contributed by atoms with van der Waals surface area (Å²) in [7, 11) is 2.68. The number of carbonyl (C=O) groups excluding carboxylic acids is 1. The van der Waals surface area contributed by atoms with E-state index in [1.807, 2.05) is 0 Å². The normalized spacial score (nSPS) is 20.0. The number of likely N-dealkylation sites (tertiary alicyclic amines) is 1. The van der Waals surface area contributed by atoms with Gasteiger partial charge in [0.1, 0.15) is 11.5 Å². The molecule has 7 nitrogen and oxygen atoms in total. The first-order valence-electron chi connectivity index (χ1n) is 7.35. The number of hydrogen-bond donors (Lipinski definition) is 2. The summed E-state index contributed by atoms with van der Waals surface area (Å²) in [5.74, 6) is -5.06. The highest BCUT2D eigenvalue weighted by atomic mass is 35.5. The van der Waals surface area contributed by atoms with Crippen molar-refractivity contribution >= 4 is 29.3 Å². The number of benzene rings is 1. The summed E-state index contributed by atoms with van der Waals surface area (Å²) in [6.07, 6.45) is -4.72. The lowest BCUT2D eigenvalue weighted by Gasteiger charge is -2.20. The van der Waals surface area contributed by atoms with E-state index in [0.717, 1.165) is 4.90 Å². The van der Waals surface area contributed by atoms with Gasteiger partial charge in [0, 0.05) is 25.2 Å². The van der Waals surface area contributed by atoms with Gasteiger partial charge >= 0.3 is 18.2 Å². The number of carbonyl (C=O) groups is 2. The highest BCUT2D eigenvalue weighted by molar-refractivity contribution is 6.32. The van der Waals surface area contributed by atoms with E-state index in [2.05, 4.69) is 5.32 Å². The van der Waals surface area contributed by atoms with Gasteiger partial charge in [-0.15, -0.1) is 0 Å². The van der Waals surface area contributed by atoms with E-state index in [9.17, 15) is 22.8 Å². The third-order valence-corrected chi connectivity index (χ3v) is 4.36. The van der Waals surface area contributed by atoms with Gasteiger partial charge in [-0.1, -0.05) is 11.6 Å². The molecule has 2 N–H and O–H groups in total. The van der Waals surface area contributed by atoms with E-state index in [4.69, 9.17) is 26.2 Å². The molecular weight excluding hydrogens is 381 g/mol. The number of nitrogens with one attached hydrogen (secondary N) is 1. The molecule has 144 valence electrons. The first kappa shape index (κ1) is 20.0. The molecule has 0 radical (unpaired) electrons. The second-order valence-corrected chi connectivity index (χ2v) is 6.02. The number of amides is 2. The topological polar surface area (TPSA) is 88.1 Å². The Bertz CT molecular complexity index is 713. The van der Waals surface area contributed by atoms with Crippen LogP contribution in [0.1, 0.15) is 0 Å². The molecule has 1 saturated heterocycles. The van der Waals surface area contributed by atoms with E-state index < -0.39 is 43.1 Å². The molecule has 1 heterocycles. The van der Waals surface area contributed by atoms with Crippen molar-refractivity contribution in [2.45, 2.75) is 6.18 Å². The fraction of sp³-hybridized carbons (Fsp3) is 0.467. The van der Waals surface area contributed by atoms with E-state index in [0.29, 0.717) is 0 Å². The van der Waals surface area contributed by atoms with Crippen molar-refractivity contribution in [3.63, 3.8) is 0 Å². The Hall–Kier alpha value is -2.36. The predicted molar refractivity (Wildman–Crippen MR) is 85.8 cm³/mol. The number of nitrogens with zero attached hydrogens (tertiary/aromatic N) is 1. The number of ether oxygens (including phenoxy) is 2. The maximum atomic E-state index is 13.0. The Balaban J connectivity index is 2.22. The summed E-state index contributed by atoms with van der Waals surface area (Å²) in [5, 5.41) is 11.6. The first-order valence-corrected chi connectivity index (χ1v) is 7.73. The van der Waals surface area contributed by atoms with Gasteiger partial charge in [0.25, 0.3) is 0 Å². The summed E-state index contributed by atoms with van der Waals surface area (Å²) in [6.45, 7) is -1.31. The van der Waals surface area contributed by atoms with E-state index in [1.165, 1.54) is 26.4 Å². The molecule has 2 atom stereocenters. The van der Waals surface area contributed by atoms with Crippen molar-refractivity contribution in [2.24, 2.45) is 11.8 Å². The molecule has 0 unspecified atom stereocenters. The zero-order valence-corrected chi connectivity index (χ0v) is 14.5. The second-order valence-electron chi connectivity index (χ2n) is 5.62. The van der Waals surface area contributed by atoms with Crippen molar-refractivity contribution in [2.75, 3.05) is 32.6 Å². The van der Waals surface area contributed by atoms with E-state index in [-0.39, 0.29) is 22.2 Å². The smallest absolute Gasteiger partial charge is 0.394 e. The number of carboxylic acid groups (broad SMARTS) is 1. The Morgan fingerprint density at radius 1 is 1.23 bits per heavy atom. The van der Waals surface area contributed by atoms with Crippen LogP contribution in [0.15, 0.2) is 12.1 Å². The van der Waals surface area contributed by atoms with Crippen LogP contribution >= 0.6 is 11.6 Å². The van der Waals surface area contributed by atoms with Crippen molar-refractivity contribution in [1.82, 2.24) is 4.90 Å². The van der Waals surface area contributed by atoms with Crippen LogP contribution < -0.4 is 14.8 Å². The highest BCUT2D eigenvalue weighted by Gasteiger charge is 2.53. The van der Waals surface area contributed by atoms with Crippen LogP contribution in [0.25, 0.3) is 0 Å². The second kappa shape index (κ2) is 7.48. The number of halogens is 4. The van der Waals surface area contributed by atoms with Crippen molar-refractivity contribution in [3.05, 3.63) is 17.2 Å². The van der Waals surface area contributed by atoms with Crippen LogP contribution in [-0.4, -0.2) is 55.5 Å². The van der Waals surface area contributed by atoms with Crippen molar-refractivity contribution < 1.29 is 37.3 Å². The number of anilines is 1. The molecule has 1 aromatic carbocycles. The summed E-state index contributed by atoms with van der Waals surface area (Å²) in [5.41, 5.74) is 0.126. The average Bonchev–Trinajstić information content (AvgIpc) is 3.02. The highest BCUT2D eigenvalue weighted by Crippen LogP contribution is 2.39. The third-order valence-electron chi connectivity index (χ3n) is 4.06. The van der Waals surface area contributed by atoms with Gasteiger partial charge in [0.2, 0.25) is 0 Å². The lowest BCUT2D eigenvalue weighted by atomic mass is 9.96. The van der Waals surface area contributed by atoms with Gasteiger partial charge in [0.15, 0.2) is 0 Å². The standard InChI is InChI=1S/C15H16ClF3N2O5/c1-25-11-4-10(12(26-2)3-9(11)16)20-14(24)21-5-7(13(22)23)8(6-21)15(17,18)19/h3-4,7-8H,5-6H2,1-2H3,(H,20,24)(H,22,23)/t7-,8-/m1/s1. The van der Waals surface area contributed by atoms with Crippen LogP contribution in [0.3, 0.4) is 0 Å². The molecule has 0 aliphatic carbocycles. The lowest BCUT2D eigenvalue weighted by Crippen LogP contribution is -2.35. The number of aliphatic carboxylic acids is 1. The minimum absolute atomic E-state index is 0.126. The number of methoxy groups -OCH3 is 2. The zero-order valence-electron chi connectivity index (χ0n) is 13.8. The number of alkyl halides is 3. The molecule has 11 heteroatoms. The number of rotatable bonds is 4. The molecule has 1 fully saturated rings. The monoisotopic (exact) mass is 396 g/mol. The van der Waals surface area contributed by atoms with Crippen molar-refractivity contribution in [3.8, 4) is 11.5 Å². The summed E-state index contributed by atoms with van der Waals surface area (Å²) in [6, 6.07) is 1.84. The average molecular weight is 397 g/mol. The lowest BCUT2D eigenvalue weighted by molar-refractivity contribution is -0.187. The number of hydrogen-bond acceptors (Lipinski definition) is 4. The quantitative estimate of drug-likeness (QED) is 0.816. The maximum absolute atomic E-state index is 13.0. The van der Waals surface area contributed by atoms with Crippen LogP contribution in [0.4, 0.5) is 23.7 Å². The molecule has 1 aromatic rings. The molecular formula is C15H16ClF3N2O5. The molecule has 0 aromatic heterocycles. The molecule has 2 amide bonds. The fourth-order valence-electron chi connectivity index (χ4n) is 2.70. The molecule has 1 aliphatic rings. The Morgan fingerprint density at radius 3 is 2.31 bits per heavy atom. The molecule has 26 heavy (non-hydrogen) atoms. The first-order chi connectivity index (χ1) is 12.1. The third kappa shape index (κ3) is 4.06. The molecule has 2 rings (SSSR count). The minimum Gasteiger partial charge on any atom is -0.495 e. The maximum Gasteiger partial charge on any atom is 0.394 e. The summed E-state index contributed by atoms with van der Waals surface area (Å²) >= 11 is 5.95. The van der Waals surface area contributed by atoms with Gasteiger partial charge in [0.05, 0.1) is 36.8 Å². The van der Waals surface area contributed by atoms with E-state index >= 15 is 0 Å². The van der Waals surface area contributed by atoms with Crippen LogP contribution in [-0.2, 0) is 4.79 Å². The van der Waals surface area contributed by atoms with Gasteiger partial charge < -0.3 is 24.8 Å². The van der Waals surface area contributed by atoms with Gasteiger partial charge in [-0.2, -0.15) is 13.2 Å². The van der Waals surface area contributed by atoms with Crippen LogP contribution in [0.5, 0.6) is 11.5 Å².